The fourth-order valence-corrected chi connectivity index (χ4v) is 1.90. The molecule has 0 amide bonds. The van der Waals surface area contributed by atoms with Crippen molar-refractivity contribution < 1.29 is 14.6 Å². The van der Waals surface area contributed by atoms with Crippen molar-refractivity contribution >= 4 is 11.8 Å². The van der Waals surface area contributed by atoms with Crippen LogP contribution in [0.2, 0.25) is 0 Å². The van der Waals surface area contributed by atoms with Crippen LogP contribution in [0.5, 0.6) is 0 Å². The molecule has 6 heteroatoms. The van der Waals surface area contributed by atoms with E-state index in [-0.39, 0.29) is 5.56 Å². The first-order valence-electron chi connectivity index (χ1n) is 5.64. The molecular weight excluding hydrogens is 234 g/mol. The number of carbonyl (C=O) groups is 1. The number of rotatable bonds is 7. The zero-order valence-corrected chi connectivity index (χ0v) is 11.0. The number of aromatic nitrogens is 2. The Balaban J connectivity index is 3.17. The van der Waals surface area contributed by atoms with E-state index in [0.717, 1.165) is 0 Å². The predicted molar refractivity (Wildman–Crippen MR) is 69.2 cm³/mol. The van der Waals surface area contributed by atoms with E-state index in [1.54, 1.807) is 31.8 Å². The summed E-state index contributed by atoms with van der Waals surface area (Å²) in [4.78, 5) is 13.2. The molecule has 0 fully saturated rings. The minimum atomic E-state index is -0.970. The Morgan fingerprint density at radius 3 is 2.83 bits per heavy atom. The van der Waals surface area contributed by atoms with E-state index >= 15 is 0 Å². The van der Waals surface area contributed by atoms with Gasteiger partial charge < -0.3 is 14.7 Å². The van der Waals surface area contributed by atoms with Crippen LogP contribution in [0.3, 0.4) is 0 Å². The second-order valence-corrected chi connectivity index (χ2v) is 3.94. The fraction of sp³-hybridized carbons (Fsp3) is 0.500. The van der Waals surface area contributed by atoms with Crippen molar-refractivity contribution in [1.29, 1.82) is 0 Å². The third-order valence-electron chi connectivity index (χ3n) is 2.62. The van der Waals surface area contributed by atoms with Gasteiger partial charge in [-0.1, -0.05) is 6.08 Å². The molecule has 6 nitrogen and oxygen atoms in total. The molecule has 100 valence electrons. The summed E-state index contributed by atoms with van der Waals surface area (Å²) >= 11 is 0. The van der Waals surface area contributed by atoms with Gasteiger partial charge in [-0.3, -0.25) is 4.68 Å². The van der Waals surface area contributed by atoms with E-state index in [0.29, 0.717) is 31.2 Å². The molecule has 1 aromatic rings. The molecular formula is C12H19N3O3. The lowest BCUT2D eigenvalue weighted by Crippen LogP contribution is -2.30. The third-order valence-corrected chi connectivity index (χ3v) is 2.62. The molecule has 1 aromatic heterocycles. The third kappa shape index (κ3) is 2.89. The van der Waals surface area contributed by atoms with Gasteiger partial charge in [0.25, 0.3) is 0 Å². The SMILES string of the molecule is C=CCN(CCOC)c1c(C(=O)O)c(C)nn1C. The second kappa shape index (κ2) is 6.20. The van der Waals surface area contributed by atoms with Gasteiger partial charge in [0.15, 0.2) is 0 Å². The summed E-state index contributed by atoms with van der Waals surface area (Å²) in [6.45, 7) is 7.02. The molecule has 0 aliphatic carbocycles. The first-order valence-corrected chi connectivity index (χ1v) is 5.64. The maximum atomic E-state index is 11.3. The highest BCUT2D eigenvalue weighted by Gasteiger charge is 2.23. The summed E-state index contributed by atoms with van der Waals surface area (Å²) in [5.41, 5.74) is 0.738. The number of hydrogen-bond donors (Lipinski definition) is 1. The smallest absolute Gasteiger partial charge is 0.341 e. The van der Waals surface area contributed by atoms with Gasteiger partial charge in [-0.15, -0.1) is 6.58 Å². The molecule has 0 spiro atoms. The van der Waals surface area contributed by atoms with Crippen molar-refractivity contribution in [1.82, 2.24) is 9.78 Å². The lowest BCUT2D eigenvalue weighted by atomic mass is 10.2. The molecule has 1 N–H and O–H groups in total. The number of carboxylic acid groups (broad SMARTS) is 1. The number of carboxylic acids is 1. The minimum absolute atomic E-state index is 0.232. The maximum absolute atomic E-state index is 11.3. The van der Waals surface area contributed by atoms with Crippen molar-refractivity contribution in [2.24, 2.45) is 7.05 Å². The Labute approximate surface area is 106 Å². The van der Waals surface area contributed by atoms with Crippen LogP contribution < -0.4 is 4.90 Å². The summed E-state index contributed by atoms with van der Waals surface area (Å²) in [6.07, 6.45) is 1.73. The minimum Gasteiger partial charge on any atom is -0.477 e. The Kier molecular flexibility index (Phi) is 4.91. The van der Waals surface area contributed by atoms with Crippen LogP contribution >= 0.6 is 0 Å². The first kappa shape index (κ1) is 14.2. The van der Waals surface area contributed by atoms with Crippen molar-refractivity contribution in [2.75, 3.05) is 31.7 Å². The molecule has 0 atom stereocenters. The summed E-state index contributed by atoms with van der Waals surface area (Å²) in [6, 6.07) is 0. The lowest BCUT2D eigenvalue weighted by molar-refractivity contribution is 0.0696. The van der Waals surface area contributed by atoms with Gasteiger partial charge in [0.2, 0.25) is 0 Å². The quantitative estimate of drug-likeness (QED) is 0.736. The van der Waals surface area contributed by atoms with Gasteiger partial charge in [-0.2, -0.15) is 5.10 Å². The molecule has 0 aliphatic heterocycles. The van der Waals surface area contributed by atoms with Crippen molar-refractivity contribution in [2.45, 2.75) is 6.92 Å². The van der Waals surface area contributed by atoms with Crippen LogP contribution in [0.25, 0.3) is 0 Å². The Bertz CT molecular complexity index is 440. The van der Waals surface area contributed by atoms with Crippen LogP contribution in [-0.2, 0) is 11.8 Å². The van der Waals surface area contributed by atoms with Crippen molar-refractivity contribution in [3.63, 3.8) is 0 Å². The number of ether oxygens (including phenoxy) is 1. The highest BCUT2D eigenvalue weighted by Crippen LogP contribution is 2.23. The van der Waals surface area contributed by atoms with Crippen LogP contribution in [0.15, 0.2) is 12.7 Å². The van der Waals surface area contributed by atoms with E-state index in [4.69, 9.17) is 4.74 Å². The monoisotopic (exact) mass is 253 g/mol. The Hall–Kier alpha value is -1.82. The zero-order valence-electron chi connectivity index (χ0n) is 11.0. The van der Waals surface area contributed by atoms with Crippen LogP contribution in [0, 0.1) is 6.92 Å². The summed E-state index contributed by atoms with van der Waals surface area (Å²) < 4.78 is 6.62. The van der Waals surface area contributed by atoms with Crippen LogP contribution in [0.4, 0.5) is 5.82 Å². The molecule has 0 unspecified atom stereocenters. The van der Waals surface area contributed by atoms with Gasteiger partial charge in [0.05, 0.1) is 12.3 Å². The molecule has 0 saturated heterocycles. The zero-order chi connectivity index (χ0) is 13.7. The molecule has 18 heavy (non-hydrogen) atoms. The summed E-state index contributed by atoms with van der Waals surface area (Å²) in [5, 5.41) is 13.4. The first-order chi connectivity index (χ1) is 8.52. The average Bonchev–Trinajstić information content (AvgIpc) is 2.59. The van der Waals surface area contributed by atoms with E-state index < -0.39 is 5.97 Å². The highest BCUT2D eigenvalue weighted by molar-refractivity contribution is 5.94. The Morgan fingerprint density at radius 2 is 2.33 bits per heavy atom. The normalized spacial score (nSPS) is 10.4. The Morgan fingerprint density at radius 1 is 1.67 bits per heavy atom. The largest absolute Gasteiger partial charge is 0.477 e. The molecule has 1 heterocycles. The van der Waals surface area contributed by atoms with E-state index in [1.165, 1.54) is 0 Å². The molecule has 1 rings (SSSR count). The van der Waals surface area contributed by atoms with Gasteiger partial charge in [-0.25, -0.2) is 4.79 Å². The van der Waals surface area contributed by atoms with E-state index in [2.05, 4.69) is 11.7 Å². The maximum Gasteiger partial charge on any atom is 0.341 e. The molecule has 0 bridgehead atoms. The van der Waals surface area contributed by atoms with Gasteiger partial charge in [-0.05, 0) is 6.92 Å². The molecule has 0 aliphatic rings. The number of hydrogen-bond acceptors (Lipinski definition) is 4. The van der Waals surface area contributed by atoms with Crippen LogP contribution in [0.1, 0.15) is 16.1 Å². The number of anilines is 1. The van der Waals surface area contributed by atoms with Gasteiger partial charge in [0, 0.05) is 27.2 Å². The molecule has 0 radical (unpaired) electrons. The topological polar surface area (TPSA) is 67.6 Å². The van der Waals surface area contributed by atoms with Crippen molar-refractivity contribution in [3.8, 4) is 0 Å². The van der Waals surface area contributed by atoms with Gasteiger partial charge in [0.1, 0.15) is 11.4 Å². The standard InChI is InChI=1S/C12H19N3O3/c1-5-6-15(7-8-18-4)11-10(12(16)17)9(2)13-14(11)3/h5H,1,6-8H2,2-4H3,(H,16,17). The van der Waals surface area contributed by atoms with Crippen molar-refractivity contribution in [3.05, 3.63) is 23.9 Å². The van der Waals surface area contributed by atoms with Gasteiger partial charge >= 0.3 is 5.97 Å². The average molecular weight is 253 g/mol. The number of aromatic carboxylic acids is 1. The second-order valence-electron chi connectivity index (χ2n) is 3.94. The van der Waals surface area contributed by atoms with Crippen LogP contribution in [-0.4, -0.2) is 47.7 Å². The summed E-state index contributed by atoms with van der Waals surface area (Å²) in [5.74, 6) is -0.390. The molecule has 0 saturated carbocycles. The number of methoxy groups -OCH3 is 1. The number of nitrogens with zero attached hydrogens (tertiary/aromatic N) is 3. The highest BCUT2D eigenvalue weighted by atomic mass is 16.5. The fourth-order valence-electron chi connectivity index (χ4n) is 1.90. The summed E-state index contributed by atoms with van der Waals surface area (Å²) in [7, 11) is 3.34. The lowest BCUT2D eigenvalue weighted by Gasteiger charge is -2.23. The van der Waals surface area contributed by atoms with E-state index in [1.807, 2.05) is 4.90 Å². The number of aryl methyl sites for hydroxylation is 2. The predicted octanol–water partition coefficient (Wildman–Crippen LogP) is 1.07. The van der Waals surface area contributed by atoms with E-state index in [9.17, 15) is 9.90 Å². The molecule has 0 aromatic carbocycles.